The van der Waals surface area contributed by atoms with Crippen LogP contribution in [0.2, 0.25) is 0 Å². The summed E-state index contributed by atoms with van der Waals surface area (Å²) in [6, 6.07) is 17.8. The summed E-state index contributed by atoms with van der Waals surface area (Å²) in [6.07, 6.45) is 1.72. The van der Waals surface area contributed by atoms with Crippen molar-refractivity contribution in [1.29, 1.82) is 0 Å². The minimum absolute atomic E-state index is 0.0162. The van der Waals surface area contributed by atoms with E-state index in [0.29, 0.717) is 71.1 Å². The molecule has 5 rings (SSSR count). The monoisotopic (exact) mass is 523 g/mol. The lowest BCUT2D eigenvalue weighted by Crippen LogP contribution is -2.24. The smallest absolute Gasteiger partial charge is 0.303 e. The summed E-state index contributed by atoms with van der Waals surface area (Å²) in [7, 11) is 0. The number of hydrogen-bond acceptors (Lipinski definition) is 6. The van der Waals surface area contributed by atoms with Crippen LogP contribution in [0.15, 0.2) is 76.0 Å². The molecule has 0 unspecified atom stereocenters. The molecule has 0 aliphatic carbocycles. The van der Waals surface area contributed by atoms with Gasteiger partial charge in [0.25, 0.3) is 5.56 Å². The molecule has 2 aromatic heterocycles. The van der Waals surface area contributed by atoms with Crippen molar-refractivity contribution >= 4 is 22.6 Å². The van der Waals surface area contributed by atoms with Gasteiger partial charge in [-0.05, 0) is 54.8 Å². The second-order valence-electron chi connectivity index (χ2n) is 8.94. The van der Waals surface area contributed by atoms with Crippen LogP contribution in [0, 0.1) is 12.4 Å². The second-order valence-corrected chi connectivity index (χ2v) is 8.94. The number of aliphatic carboxylic acids is 1. The third-order valence-electron chi connectivity index (χ3n) is 6.21. The molecule has 194 valence electrons. The third kappa shape index (κ3) is 5.72. The van der Waals surface area contributed by atoms with E-state index < -0.39 is 11.8 Å². The standard InChI is InChI=1S/C29H22FN5O4/c1-31-21-11-6-18(7-12-21)16-26-33-28(34-39-26)19-8-15-23-24(17-19)32-25(4-2-3-5-27(36)37)35(29(23)38)22-13-9-20(30)10-14-22/h6-15,17H,2-5,16H2,(H,36,37). The quantitative estimate of drug-likeness (QED) is 0.200. The van der Waals surface area contributed by atoms with Gasteiger partial charge < -0.3 is 9.63 Å². The number of halogens is 1. The summed E-state index contributed by atoms with van der Waals surface area (Å²) in [4.78, 5) is 37.1. The number of rotatable bonds is 9. The maximum atomic E-state index is 13.6. The molecule has 39 heavy (non-hydrogen) atoms. The lowest BCUT2D eigenvalue weighted by molar-refractivity contribution is -0.137. The summed E-state index contributed by atoms with van der Waals surface area (Å²) in [5.74, 6) is -0.120. The molecule has 0 atom stereocenters. The van der Waals surface area contributed by atoms with Gasteiger partial charge in [-0.1, -0.05) is 35.5 Å². The SMILES string of the molecule is [C-]#[N+]c1ccc(Cc2nc(-c3ccc4c(=O)n(-c5ccc(F)cc5)c(CCCCC(=O)O)nc4c3)no2)cc1. The minimum atomic E-state index is -0.887. The van der Waals surface area contributed by atoms with E-state index in [9.17, 15) is 14.0 Å². The number of benzene rings is 3. The Labute approximate surface area is 222 Å². The van der Waals surface area contributed by atoms with Crippen LogP contribution in [0.4, 0.5) is 10.1 Å². The lowest BCUT2D eigenvalue weighted by Gasteiger charge is -2.14. The number of hydrogen-bond donors (Lipinski definition) is 1. The molecule has 0 saturated heterocycles. The zero-order chi connectivity index (χ0) is 27.4. The van der Waals surface area contributed by atoms with Crippen molar-refractivity contribution in [2.45, 2.75) is 32.1 Å². The van der Waals surface area contributed by atoms with Crippen LogP contribution < -0.4 is 5.56 Å². The number of unbranched alkanes of at least 4 members (excludes halogenated alkanes) is 1. The average Bonchev–Trinajstić information content (AvgIpc) is 3.40. The zero-order valence-electron chi connectivity index (χ0n) is 20.7. The van der Waals surface area contributed by atoms with Gasteiger partial charge in [-0.2, -0.15) is 4.98 Å². The van der Waals surface area contributed by atoms with Gasteiger partial charge in [0.05, 0.1) is 29.6 Å². The van der Waals surface area contributed by atoms with Crippen molar-refractivity contribution in [2.75, 3.05) is 0 Å². The minimum Gasteiger partial charge on any atom is -0.481 e. The molecular weight excluding hydrogens is 501 g/mol. The highest BCUT2D eigenvalue weighted by molar-refractivity contribution is 5.82. The second kappa shape index (κ2) is 11.1. The van der Waals surface area contributed by atoms with E-state index in [4.69, 9.17) is 21.2 Å². The lowest BCUT2D eigenvalue weighted by atomic mass is 10.1. The molecule has 0 spiro atoms. The van der Waals surface area contributed by atoms with Crippen LogP contribution in [-0.2, 0) is 17.6 Å². The summed E-state index contributed by atoms with van der Waals surface area (Å²) in [5, 5.41) is 13.4. The first-order valence-corrected chi connectivity index (χ1v) is 12.2. The van der Waals surface area contributed by atoms with Gasteiger partial charge >= 0.3 is 5.97 Å². The van der Waals surface area contributed by atoms with Crippen molar-refractivity contribution in [1.82, 2.24) is 19.7 Å². The summed E-state index contributed by atoms with van der Waals surface area (Å²) < 4.78 is 20.4. The fraction of sp³-hybridized carbons (Fsp3) is 0.172. The summed E-state index contributed by atoms with van der Waals surface area (Å²) >= 11 is 0. The van der Waals surface area contributed by atoms with Crippen LogP contribution in [0.5, 0.6) is 0 Å². The van der Waals surface area contributed by atoms with Crippen LogP contribution in [0.1, 0.15) is 36.5 Å². The molecule has 0 fully saturated rings. The van der Waals surface area contributed by atoms with Gasteiger partial charge in [0.1, 0.15) is 11.6 Å². The van der Waals surface area contributed by atoms with Crippen molar-refractivity contribution < 1.29 is 18.8 Å². The molecule has 0 aliphatic rings. The molecule has 9 nitrogen and oxygen atoms in total. The van der Waals surface area contributed by atoms with Crippen LogP contribution in [0.25, 0.3) is 32.8 Å². The van der Waals surface area contributed by atoms with Crippen LogP contribution >= 0.6 is 0 Å². The maximum Gasteiger partial charge on any atom is 0.303 e. The first-order valence-electron chi connectivity index (χ1n) is 12.2. The van der Waals surface area contributed by atoms with E-state index in [1.165, 1.54) is 28.8 Å². The molecule has 3 aromatic carbocycles. The Morgan fingerprint density at radius 3 is 2.51 bits per heavy atom. The normalized spacial score (nSPS) is 11.0. The predicted molar refractivity (Wildman–Crippen MR) is 141 cm³/mol. The molecule has 0 aliphatic heterocycles. The van der Waals surface area contributed by atoms with E-state index >= 15 is 0 Å². The highest BCUT2D eigenvalue weighted by atomic mass is 19.1. The van der Waals surface area contributed by atoms with Crippen LogP contribution in [0.3, 0.4) is 0 Å². The van der Waals surface area contributed by atoms with Gasteiger partial charge in [0.15, 0.2) is 5.69 Å². The number of nitrogens with zero attached hydrogens (tertiary/aromatic N) is 5. The van der Waals surface area contributed by atoms with Gasteiger partial charge in [0, 0.05) is 18.4 Å². The maximum absolute atomic E-state index is 13.6. The Bertz CT molecular complexity index is 1750. The van der Waals surface area contributed by atoms with E-state index in [1.54, 1.807) is 30.3 Å². The number of carbonyl (C=O) groups is 1. The Kier molecular flexibility index (Phi) is 7.23. The number of carboxylic acids is 1. The van der Waals surface area contributed by atoms with E-state index in [0.717, 1.165) is 5.56 Å². The number of fused-ring (bicyclic) bond motifs is 1. The van der Waals surface area contributed by atoms with Crippen molar-refractivity contribution in [3.63, 3.8) is 0 Å². The van der Waals surface area contributed by atoms with Gasteiger partial charge in [-0.3, -0.25) is 14.2 Å². The Balaban J connectivity index is 1.48. The van der Waals surface area contributed by atoms with Crippen molar-refractivity contribution in [2.24, 2.45) is 0 Å². The summed E-state index contributed by atoms with van der Waals surface area (Å²) in [5.41, 5.74) is 2.68. The van der Waals surface area contributed by atoms with Crippen molar-refractivity contribution in [3.8, 4) is 17.1 Å². The first kappa shape index (κ1) is 25.5. The molecule has 0 amide bonds. The fourth-order valence-corrected chi connectivity index (χ4v) is 4.26. The average molecular weight is 524 g/mol. The van der Waals surface area contributed by atoms with E-state index in [-0.39, 0.29) is 12.0 Å². The van der Waals surface area contributed by atoms with E-state index in [1.807, 2.05) is 12.1 Å². The number of carboxylic acid groups (broad SMARTS) is 1. The molecular formula is C29H22FN5O4. The largest absolute Gasteiger partial charge is 0.481 e. The molecule has 5 aromatic rings. The predicted octanol–water partition coefficient (Wildman–Crippen LogP) is 5.51. The molecule has 0 bridgehead atoms. The molecule has 1 N–H and O–H groups in total. The fourth-order valence-electron chi connectivity index (χ4n) is 4.26. The zero-order valence-corrected chi connectivity index (χ0v) is 20.7. The highest BCUT2D eigenvalue weighted by Crippen LogP contribution is 2.23. The Morgan fingerprint density at radius 1 is 1.03 bits per heavy atom. The highest BCUT2D eigenvalue weighted by Gasteiger charge is 2.16. The van der Waals surface area contributed by atoms with E-state index in [2.05, 4.69) is 15.0 Å². The van der Waals surface area contributed by atoms with Gasteiger partial charge in [-0.15, -0.1) is 0 Å². The number of aromatic nitrogens is 4. The van der Waals surface area contributed by atoms with Crippen molar-refractivity contribution in [3.05, 3.63) is 112 Å². The molecule has 0 radical (unpaired) electrons. The van der Waals surface area contributed by atoms with Gasteiger partial charge in [0.2, 0.25) is 11.7 Å². The molecule has 2 heterocycles. The Morgan fingerprint density at radius 2 is 1.79 bits per heavy atom. The number of aryl methyl sites for hydroxylation is 1. The van der Waals surface area contributed by atoms with Gasteiger partial charge in [-0.25, -0.2) is 14.2 Å². The first-order chi connectivity index (χ1) is 18.9. The topological polar surface area (TPSA) is 115 Å². The van der Waals surface area contributed by atoms with Crippen LogP contribution in [-0.4, -0.2) is 30.8 Å². The Hall–Kier alpha value is -5.17. The molecule has 10 heteroatoms. The summed E-state index contributed by atoms with van der Waals surface area (Å²) in [6.45, 7) is 7.06. The molecule has 0 saturated carbocycles. The third-order valence-corrected chi connectivity index (χ3v) is 6.21.